The molecule has 29 heavy (non-hydrogen) atoms. The first-order valence-electron chi connectivity index (χ1n) is 10.1. The number of nitrogens with zero attached hydrogens (tertiary/aromatic N) is 3. The van der Waals surface area contributed by atoms with Gasteiger partial charge in [-0.1, -0.05) is 19.1 Å². The highest BCUT2D eigenvalue weighted by Crippen LogP contribution is 2.26. The molecule has 0 spiro atoms. The summed E-state index contributed by atoms with van der Waals surface area (Å²) in [4.78, 5) is 43.9. The van der Waals surface area contributed by atoms with Crippen molar-refractivity contribution in [2.75, 3.05) is 13.2 Å². The van der Waals surface area contributed by atoms with Gasteiger partial charge in [-0.2, -0.15) is 0 Å². The minimum absolute atomic E-state index is 0.123. The Kier molecular flexibility index (Phi) is 7.75. The zero-order valence-corrected chi connectivity index (χ0v) is 17.8. The summed E-state index contributed by atoms with van der Waals surface area (Å²) >= 11 is 0. The van der Waals surface area contributed by atoms with Crippen LogP contribution in [-0.2, 0) is 16.1 Å². The maximum atomic E-state index is 13.0. The van der Waals surface area contributed by atoms with Gasteiger partial charge in [-0.25, -0.2) is 9.78 Å². The number of rotatable bonds is 8. The van der Waals surface area contributed by atoms with Gasteiger partial charge in [-0.3, -0.25) is 14.2 Å². The zero-order chi connectivity index (χ0) is 21.6. The number of benzene rings is 1. The largest absolute Gasteiger partial charge is 0.465 e. The van der Waals surface area contributed by atoms with Gasteiger partial charge in [-0.05, 0) is 46.2 Å². The number of esters is 1. The molecule has 2 amide bonds. The Labute approximate surface area is 170 Å². The van der Waals surface area contributed by atoms with Crippen molar-refractivity contribution in [1.29, 1.82) is 0 Å². The number of fused-ring (bicyclic) bond motifs is 1. The molecule has 0 radical (unpaired) electrons. The van der Waals surface area contributed by atoms with Crippen LogP contribution in [0.3, 0.4) is 0 Å². The fourth-order valence-corrected chi connectivity index (χ4v) is 3.44. The van der Waals surface area contributed by atoms with E-state index >= 15 is 0 Å². The molecule has 0 saturated heterocycles. The van der Waals surface area contributed by atoms with Crippen LogP contribution in [-0.4, -0.2) is 45.6 Å². The first kappa shape index (κ1) is 22.4. The van der Waals surface area contributed by atoms with Gasteiger partial charge in [0.25, 0.3) is 5.56 Å². The van der Waals surface area contributed by atoms with Crippen LogP contribution in [0.5, 0.6) is 0 Å². The Bertz CT molecular complexity index is 923. The van der Waals surface area contributed by atoms with Crippen LogP contribution < -0.4 is 10.9 Å². The average Bonchev–Trinajstić information content (AvgIpc) is 2.70. The summed E-state index contributed by atoms with van der Waals surface area (Å²) < 4.78 is 6.49. The molecular weight excluding hydrogens is 372 g/mol. The van der Waals surface area contributed by atoms with Gasteiger partial charge in [-0.15, -0.1) is 0 Å². The van der Waals surface area contributed by atoms with Crippen LogP contribution in [0.15, 0.2) is 29.1 Å². The number of para-hydroxylation sites is 1. The monoisotopic (exact) mass is 402 g/mol. The minimum atomic E-state index is -0.494. The smallest absolute Gasteiger partial charge is 0.325 e. The molecule has 1 unspecified atom stereocenters. The third-order valence-corrected chi connectivity index (χ3v) is 4.71. The summed E-state index contributed by atoms with van der Waals surface area (Å²) in [6.45, 7) is 9.81. The lowest BCUT2D eigenvalue weighted by Gasteiger charge is -2.35. The van der Waals surface area contributed by atoms with Crippen LogP contribution >= 0.6 is 0 Å². The quantitative estimate of drug-likeness (QED) is 0.685. The van der Waals surface area contributed by atoms with E-state index in [1.807, 2.05) is 39.8 Å². The number of amides is 2. The maximum Gasteiger partial charge on any atom is 0.325 e. The summed E-state index contributed by atoms with van der Waals surface area (Å²) in [5, 5.41) is 3.17. The number of hydrogen-bond acceptors (Lipinski definition) is 5. The fourth-order valence-electron chi connectivity index (χ4n) is 3.44. The van der Waals surface area contributed by atoms with Crippen molar-refractivity contribution in [3.8, 4) is 0 Å². The van der Waals surface area contributed by atoms with Gasteiger partial charge in [0.2, 0.25) is 0 Å². The highest BCUT2D eigenvalue weighted by Gasteiger charge is 2.30. The molecular formula is C21H30N4O4. The molecule has 0 aliphatic rings. The van der Waals surface area contributed by atoms with Gasteiger partial charge in [0, 0.05) is 12.6 Å². The molecule has 0 aliphatic carbocycles. The standard InChI is InChI=1S/C21H30N4O4/c1-6-17(25(14(4)5)21(28)22-13-18(26)29-8-3)19-23-16-12-10-9-11-15(16)20(27)24(19)7-2/h9-12,14,17H,6-8,13H2,1-5H3,(H,22,28). The average molecular weight is 402 g/mol. The predicted octanol–water partition coefficient (Wildman–Crippen LogP) is 2.85. The molecule has 8 nitrogen and oxygen atoms in total. The molecule has 0 saturated carbocycles. The van der Waals surface area contributed by atoms with E-state index in [2.05, 4.69) is 5.32 Å². The molecule has 1 atom stereocenters. The summed E-state index contributed by atoms with van der Waals surface area (Å²) in [6.07, 6.45) is 0.565. The van der Waals surface area contributed by atoms with Crippen LogP contribution in [0.4, 0.5) is 4.79 Å². The molecule has 158 valence electrons. The van der Waals surface area contributed by atoms with E-state index in [-0.39, 0.29) is 24.8 Å². The highest BCUT2D eigenvalue weighted by molar-refractivity contribution is 5.81. The number of nitrogens with one attached hydrogen (secondary N) is 1. The molecule has 0 fully saturated rings. The normalized spacial score (nSPS) is 12.1. The van der Waals surface area contributed by atoms with Crippen molar-refractivity contribution >= 4 is 22.9 Å². The van der Waals surface area contributed by atoms with E-state index < -0.39 is 18.0 Å². The van der Waals surface area contributed by atoms with Crippen molar-refractivity contribution in [3.05, 3.63) is 40.4 Å². The van der Waals surface area contributed by atoms with Gasteiger partial charge < -0.3 is 15.0 Å². The zero-order valence-electron chi connectivity index (χ0n) is 17.8. The molecule has 1 heterocycles. The Morgan fingerprint density at radius 3 is 2.48 bits per heavy atom. The Balaban J connectivity index is 2.47. The van der Waals surface area contributed by atoms with Crippen LogP contribution in [0, 0.1) is 0 Å². The van der Waals surface area contributed by atoms with E-state index in [0.29, 0.717) is 29.7 Å². The predicted molar refractivity (Wildman–Crippen MR) is 112 cm³/mol. The van der Waals surface area contributed by atoms with Crippen LogP contribution in [0.1, 0.15) is 52.9 Å². The lowest BCUT2D eigenvalue weighted by Crippen LogP contribution is -2.48. The Morgan fingerprint density at radius 2 is 1.90 bits per heavy atom. The van der Waals surface area contributed by atoms with Crippen molar-refractivity contribution < 1.29 is 14.3 Å². The molecule has 2 aromatic rings. The summed E-state index contributed by atoms with van der Waals surface area (Å²) in [5.41, 5.74) is 0.480. The van der Waals surface area contributed by atoms with Crippen molar-refractivity contribution in [2.45, 2.75) is 59.7 Å². The molecule has 1 aromatic heterocycles. The summed E-state index contributed by atoms with van der Waals surface area (Å²) in [5.74, 6) is 0.0468. The molecule has 8 heteroatoms. The van der Waals surface area contributed by atoms with Crippen molar-refractivity contribution in [3.63, 3.8) is 0 Å². The molecule has 0 bridgehead atoms. The first-order valence-corrected chi connectivity index (χ1v) is 10.1. The molecule has 2 rings (SSSR count). The van der Waals surface area contributed by atoms with Crippen molar-refractivity contribution in [2.24, 2.45) is 0 Å². The summed E-state index contributed by atoms with van der Waals surface area (Å²) in [7, 11) is 0. The number of carbonyl (C=O) groups is 2. The fraction of sp³-hybridized carbons (Fsp3) is 0.524. The van der Waals surface area contributed by atoms with E-state index in [9.17, 15) is 14.4 Å². The first-order chi connectivity index (χ1) is 13.8. The van der Waals surface area contributed by atoms with Crippen LogP contribution in [0.2, 0.25) is 0 Å². The Hall–Kier alpha value is -2.90. The third-order valence-electron chi connectivity index (χ3n) is 4.71. The number of urea groups is 1. The topological polar surface area (TPSA) is 93.5 Å². The second-order valence-electron chi connectivity index (χ2n) is 6.93. The van der Waals surface area contributed by atoms with Gasteiger partial charge in [0.05, 0.1) is 23.6 Å². The second kappa shape index (κ2) is 10.0. The van der Waals surface area contributed by atoms with Gasteiger partial charge in [0.1, 0.15) is 12.4 Å². The lowest BCUT2D eigenvalue weighted by atomic mass is 10.1. The Morgan fingerprint density at radius 1 is 1.21 bits per heavy atom. The second-order valence-corrected chi connectivity index (χ2v) is 6.93. The number of aromatic nitrogens is 2. The number of carbonyl (C=O) groups excluding carboxylic acids is 2. The molecule has 1 N–H and O–H groups in total. The van der Waals surface area contributed by atoms with E-state index in [0.717, 1.165) is 0 Å². The van der Waals surface area contributed by atoms with E-state index in [4.69, 9.17) is 9.72 Å². The SMILES string of the molecule is CCOC(=O)CNC(=O)N(C(C)C)C(CC)c1nc2ccccc2c(=O)n1CC. The van der Waals surface area contributed by atoms with E-state index in [1.54, 1.807) is 28.5 Å². The third kappa shape index (κ3) is 4.93. The van der Waals surface area contributed by atoms with Crippen molar-refractivity contribution in [1.82, 2.24) is 19.8 Å². The molecule has 0 aliphatic heterocycles. The number of hydrogen-bond donors (Lipinski definition) is 1. The summed E-state index contributed by atoms with van der Waals surface area (Å²) in [6, 6.07) is 6.21. The minimum Gasteiger partial charge on any atom is -0.465 e. The maximum absolute atomic E-state index is 13.0. The molecule has 1 aromatic carbocycles. The van der Waals surface area contributed by atoms with E-state index in [1.165, 1.54) is 0 Å². The van der Waals surface area contributed by atoms with Gasteiger partial charge in [0.15, 0.2) is 0 Å². The number of ether oxygens (including phenoxy) is 1. The lowest BCUT2D eigenvalue weighted by molar-refractivity contribution is -0.141. The highest BCUT2D eigenvalue weighted by atomic mass is 16.5. The van der Waals surface area contributed by atoms with Gasteiger partial charge >= 0.3 is 12.0 Å². The van der Waals surface area contributed by atoms with Crippen LogP contribution in [0.25, 0.3) is 10.9 Å².